The number of furan rings is 1. The van der Waals surface area contributed by atoms with Gasteiger partial charge in [-0.05, 0) is 92.7 Å². The normalized spacial score (nSPS) is 11.6. The molecule has 3 heteroatoms. The number of para-hydroxylation sites is 1. The van der Waals surface area contributed by atoms with Gasteiger partial charge < -0.3 is 9.32 Å². The highest BCUT2D eigenvalue weighted by Crippen LogP contribution is 2.48. The quantitative estimate of drug-likeness (QED) is 0.170. The summed E-state index contributed by atoms with van der Waals surface area (Å²) in [6.45, 7) is 0. The predicted molar refractivity (Wildman–Crippen MR) is 235 cm³/mol. The Balaban J connectivity index is 1.14. The minimum absolute atomic E-state index is 0.895. The summed E-state index contributed by atoms with van der Waals surface area (Å²) in [4.78, 5) is 2.44. The zero-order valence-corrected chi connectivity index (χ0v) is 30.6. The molecular weight excluding hydrogens is 687 g/mol. The molecule has 11 aromatic rings. The Morgan fingerprint density at radius 1 is 0.382 bits per heavy atom. The lowest BCUT2D eigenvalue weighted by Gasteiger charge is -2.27. The SMILES string of the molecule is c1ccc(-c2cc(N(c3ccc(-c4cccc5ccccc45)cc3)c3cccc4c3sc3ccccc34)ccc2-c2cccc3oc4ccccc4c23)cc1. The van der Waals surface area contributed by atoms with Crippen LogP contribution in [0, 0.1) is 0 Å². The average Bonchev–Trinajstić information content (AvgIpc) is 3.83. The number of rotatable bonds is 6. The van der Waals surface area contributed by atoms with Gasteiger partial charge in [0.15, 0.2) is 0 Å². The highest BCUT2D eigenvalue weighted by atomic mass is 32.1. The highest BCUT2D eigenvalue weighted by Gasteiger charge is 2.22. The van der Waals surface area contributed by atoms with Crippen LogP contribution in [0.3, 0.4) is 0 Å². The maximum atomic E-state index is 6.36. The number of fused-ring (bicyclic) bond motifs is 7. The van der Waals surface area contributed by atoms with E-state index in [0.717, 1.165) is 55.7 Å². The first-order chi connectivity index (χ1) is 27.3. The van der Waals surface area contributed by atoms with E-state index >= 15 is 0 Å². The van der Waals surface area contributed by atoms with Gasteiger partial charge in [-0.15, -0.1) is 11.3 Å². The maximum Gasteiger partial charge on any atom is 0.136 e. The molecule has 0 N–H and O–H groups in total. The maximum absolute atomic E-state index is 6.36. The zero-order valence-electron chi connectivity index (χ0n) is 29.8. The number of nitrogens with zero attached hydrogens (tertiary/aromatic N) is 1. The third-order valence-electron chi connectivity index (χ3n) is 10.9. The van der Waals surface area contributed by atoms with Crippen molar-refractivity contribution in [1.82, 2.24) is 0 Å². The van der Waals surface area contributed by atoms with Crippen LogP contribution in [0.1, 0.15) is 0 Å². The summed E-state index contributed by atoms with van der Waals surface area (Å²) in [5.41, 5.74) is 12.2. The Hall–Kier alpha value is -6.94. The van der Waals surface area contributed by atoms with Crippen molar-refractivity contribution < 1.29 is 4.42 Å². The minimum Gasteiger partial charge on any atom is -0.456 e. The van der Waals surface area contributed by atoms with Gasteiger partial charge >= 0.3 is 0 Å². The number of benzene rings is 9. The van der Waals surface area contributed by atoms with Gasteiger partial charge in [-0.3, -0.25) is 0 Å². The molecule has 0 saturated heterocycles. The van der Waals surface area contributed by atoms with Crippen molar-refractivity contribution >= 4 is 81.3 Å². The molecule has 0 fully saturated rings. The molecule has 11 rings (SSSR count). The van der Waals surface area contributed by atoms with Gasteiger partial charge in [-0.2, -0.15) is 0 Å². The summed E-state index contributed by atoms with van der Waals surface area (Å²) in [6.07, 6.45) is 0. The van der Waals surface area contributed by atoms with E-state index in [1.54, 1.807) is 0 Å². The molecule has 0 aliphatic heterocycles. The molecule has 0 atom stereocenters. The van der Waals surface area contributed by atoms with Crippen molar-refractivity contribution in [2.75, 3.05) is 4.90 Å². The Labute approximate surface area is 322 Å². The molecule has 0 aliphatic carbocycles. The highest BCUT2D eigenvalue weighted by molar-refractivity contribution is 7.26. The lowest BCUT2D eigenvalue weighted by molar-refractivity contribution is 0.669. The summed E-state index contributed by atoms with van der Waals surface area (Å²) in [6, 6.07) is 72.2. The summed E-state index contributed by atoms with van der Waals surface area (Å²) < 4.78 is 8.92. The molecule has 0 amide bonds. The van der Waals surface area contributed by atoms with Gasteiger partial charge in [0, 0.05) is 37.6 Å². The number of anilines is 3. The van der Waals surface area contributed by atoms with Crippen LogP contribution in [0.5, 0.6) is 0 Å². The van der Waals surface area contributed by atoms with Gasteiger partial charge in [-0.1, -0.05) is 152 Å². The summed E-state index contributed by atoms with van der Waals surface area (Å²) in [5, 5.41) is 7.33. The summed E-state index contributed by atoms with van der Waals surface area (Å²) in [5.74, 6) is 0. The second kappa shape index (κ2) is 12.9. The molecule has 258 valence electrons. The Morgan fingerprint density at radius 3 is 1.91 bits per heavy atom. The van der Waals surface area contributed by atoms with Gasteiger partial charge in [-0.25, -0.2) is 0 Å². The fourth-order valence-corrected chi connectivity index (χ4v) is 9.57. The van der Waals surface area contributed by atoms with Crippen LogP contribution in [0.25, 0.3) is 86.3 Å². The van der Waals surface area contributed by atoms with Crippen molar-refractivity contribution in [2.45, 2.75) is 0 Å². The van der Waals surface area contributed by atoms with Gasteiger partial charge in [0.05, 0.1) is 10.4 Å². The molecule has 2 nitrogen and oxygen atoms in total. The first-order valence-corrected chi connectivity index (χ1v) is 19.5. The zero-order chi connectivity index (χ0) is 36.3. The number of hydrogen-bond donors (Lipinski definition) is 0. The lowest BCUT2D eigenvalue weighted by atomic mass is 9.91. The number of hydrogen-bond acceptors (Lipinski definition) is 3. The Morgan fingerprint density at radius 2 is 1.02 bits per heavy atom. The fourth-order valence-electron chi connectivity index (χ4n) is 8.36. The van der Waals surface area contributed by atoms with Crippen LogP contribution in [-0.2, 0) is 0 Å². The van der Waals surface area contributed by atoms with Crippen LogP contribution in [0.2, 0.25) is 0 Å². The Bertz CT molecular complexity index is 3200. The van der Waals surface area contributed by atoms with Crippen LogP contribution >= 0.6 is 11.3 Å². The van der Waals surface area contributed by atoms with Gasteiger partial charge in [0.2, 0.25) is 0 Å². The average molecular weight is 720 g/mol. The van der Waals surface area contributed by atoms with E-state index < -0.39 is 0 Å². The van der Waals surface area contributed by atoms with E-state index in [-0.39, 0.29) is 0 Å². The molecule has 0 aliphatic rings. The van der Waals surface area contributed by atoms with Gasteiger partial charge in [0.25, 0.3) is 0 Å². The molecule has 0 unspecified atom stereocenters. The third kappa shape index (κ3) is 5.24. The van der Waals surface area contributed by atoms with Crippen LogP contribution < -0.4 is 4.90 Å². The summed E-state index contributed by atoms with van der Waals surface area (Å²) >= 11 is 1.86. The monoisotopic (exact) mass is 719 g/mol. The standard InChI is InChI=1S/C52H33NOS/c1-2-13-35(14-3-1)46-33-38(31-32-41(46)43-21-12-25-49-51(43)45-19-6-8-24-48(45)54-49)53(47-23-11-22-44-42-18-7-9-26-50(42)55-52(44)47)37-29-27-36(28-30-37)40-20-10-16-34-15-4-5-17-39(34)40/h1-33H. The second-order valence-corrected chi connectivity index (χ2v) is 15.1. The van der Waals surface area contributed by atoms with E-state index in [0.29, 0.717) is 0 Å². The Kier molecular flexibility index (Phi) is 7.39. The molecule has 0 saturated carbocycles. The van der Waals surface area contributed by atoms with Crippen molar-refractivity contribution in [1.29, 1.82) is 0 Å². The lowest BCUT2D eigenvalue weighted by Crippen LogP contribution is -2.10. The van der Waals surface area contributed by atoms with Crippen molar-refractivity contribution in [3.63, 3.8) is 0 Å². The summed E-state index contributed by atoms with van der Waals surface area (Å²) in [7, 11) is 0. The first kappa shape index (κ1) is 31.6. The third-order valence-corrected chi connectivity index (χ3v) is 12.1. The van der Waals surface area contributed by atoms with Crippen LogP contribution in [0.4, 0.5) is 17.1 Å². The van der Waals surface area contributed by atoms with Crippen molar-refractivity contribution in [2.24, 2.45) is 0 Å². The second-order valence-electron chi connectivity index (χ2n) is 14.0. The van der Waals surface area contributed by atoms with Gasteiger partial charge in [0.1, 0.15) is 11.2 Å². The topological polar surface area (TPSA) is 16.4 Å². The molecule has 0 spiro atoms. The smallest absolute Gasteiger partial charge is 0.136 e. The van der Waals surface area contributed by atoms with Crippen molar-refractivity contribution in [3.05, 3.63) is 200 Å². The van der Waals surface area contributed by atoms with E-state index in [1.807, 2.05) is 17.4 Å². The molecular formula is C52H33NOS. The largest absolute Gasteiger partial charge is 0.456 e. The molecule has 55 heavy (non-hydrogen) atoms. The predicted octanol–water partition coefficient (Wildman–Crippen LogP) is 15.6. The van der Waals surface area contributed by atoms with Crippen molar-refractivity contribution in [3.8, 4) is 33.4 Å². The number of thiophene rings is 1. The first-order valence-electron chi connectivity index (χ1n) is 18.7. The van der Waals surface area contributed by atoms with Crippen LogP contribution in [-0.4, -0.2) is 0 Å². The van der Waals surface area contributed by atoms with E-state index in [9.17, 15) is 0 Å². The van der Waals surface area contributed by atoms with Crippen LogP contribution in [0.15, 0.2) is 205 Å². The fraction of sp³-hybridized carbons (Fsp3) is 0. The molecule has 9 aromatic carbocycles. The molecule has 2 aromatic heterocycles. The minimum atomic E-state index is 0.895. The molecule has 2 heterocycles. The molecule has 0 radical (unpaired) electrons. The van der Waals surface area contributed by atoms with E-state index in [1.165, 1.54) is 47.6 Å². The van der Waals surface area contributed by atoms with E-state index in [4.69, 9.17) is 4.42 Å². The molecule has 0 bridgehead atoms. The van der Waals surface area contributed by atoms with E-state index in [2.05, 4.69) is 199 Å².